The number of benzene rings is 2. The van der Waals surface area contributed by atoms with Gasteiger partial charge in [0.05, 0.1) is 12.3 Å². The zero-order chi connectivity index (χ0) is 24.0. The Kier molecular flexibility index (Phi) is 7.37. The Morgan fingerprint density at radius 2 is 1.82 bits per heavy atom. The first-order valence-corrected chi connectivity index (χ1v) is 10.5. The molecule has 174 valence electrons. The highest BCUT2D eigenvalue weighted by atomic mass is 19.1. The molecule has 9 nitrogen and oxygen atoms in total. The predicted molar refractivity (Wildman–Crippen MR) is 121 cm³/mol. The number of hydrogen-bond acceptors (Lipinski definition) is 6. The third kappa shape index (κ3) is 6.58. The number of nitrogens with one attached hydrogen (secondary N) is 1. The molecule has 2 amide bonds. The van der Waals surface area contributed by atoms with Crippen LogP contribution >= 0.6 is 0 Å². The Hall–Kier alpha value is -3.82. The summed E-state index contributed by atoms with van der Waals surface area (Å²) in [6.45, 7) is 7.37. The first kappa shape index (κ1) is 23.8. The van der Waals surface area contributed by atoms with Gasteiger partial charge in [0, 0.05) is 11.1 Å². The van der Waals surface area contributed by atoms with E-state index >= 15 is 0 Å². The number of amides is 2. The molecule has 33 heavy (non-hydrogen) atoms. The largest absolute Gasteiger partial charge is 0.492 e. The summed E-state index contributed by atoms with van der Waals surface area (Å²) in [4.78, 5) is 28.4. The molecule has 0 aliphatic heterocycles. The van der Waals surface area contributed by atoms with E-state index in [0.29, 0.717) is 23.6 Å². The molecule has 3 rings (SSSR count). The van der Waals surface area contributed by atoms with Crippen LogP contribution in [-0.2, 0) is 16.1 Å². The van der Waals surface area contributed by atoms with Gasteiger partial charge in [-0.1, -0.05) is 12.1 Å². The zero-order valence-electron chi connectivity index (χ0n) is 19.1. The lowest BCUT2D eigenvalue weighted by atomic mass is 10.1. The van der Waals surface area contributed by atoms with E-state index in [1.54, 1.807) is 24.3 Å². The molecule has 0 bridgehead atoms. The van der Waals surface area contributed by atoms with Gasteiger partial charge in [0.15, 0.2) is 0 Å². The lowest BCUT2D eigenvalue weighted by molar-refractivity contribution is -0.125. The predicted octanol–water partition coefficient (Wildman–Crippen LogP) is 2.83. The molecule has 0 spiro atoms. The lowest BCUT2D eigenvalue weighted by Gasteiger charge is -2.27. The number of rotatable bonds is 8. The molecule has 0 aliphatic carbocycles. The van der Waals surface area contributed by atoms with Crippen LogP contribution in [0.3, 0.4) is 0 Å². The fourth-order valence-electron chi connectivity index (χ4n) is 3.10. The van der Waals surface area contributed by atoms with Crippen molar-refractivity contribution < 1.29 is 18.7 Å². The smallest absolute Gasteiger partial charge is 0.251 e. The lowest BCUT2D eigenvalue weighted by Crippen LogP contribution is -2.48. The Labute approximate surface area is 191 Å². The van der Waals surface area contributed by atoms with E-state index in [0.717, 1.165) is 4.80 Å². The highest BCUT2D eigenvalue weighted by Crippen LogP contribution is 2.28. The molecule has 1 aromatic heterocycles. The van der Waals surface area contributed by atoms with Crippen molar-refractivity contribution >= 4 is 17.5 Å². The van der Waals surface area contributed by atoms with Gasteiger partial charge in [0.2, 0.25) is 11.7 Å². The highest BCUT2D eigenvalue weighted by molar-refractivity contribution is 5.99. The van der Waals surface area contributed by atoms with Gasteiger partial charge in [0.25, 0.3) is 5.91 Å². The first-order valence-electron chi connectivity index (χ1n) is 10.5. The maximum Gasteiger partial charge on any atom is 0.251 e. The summed E-state index contributed by atoms with van der Waals surface area (Å²) in [5.41, 5.74) is 0.577. The Balaban J connectivity index is 1.85. The van der Waals surface area contributed by atoms with Crippen LogP contribution in [-0.4, -0.2) is 50.7 Å². The minimum absolute atomic E-state index is 0.209. The summed E-state index contributed by atoms with van der Waals surface area (Å²) in [6.07, 6.45) is 0. The number of carbonyl (C=O) groups is 2. The molecule has 0 atom stereocenters. The molecule has 2 aromatic carbocycles. The number of ether oxygens (including phenoxy) is 1. The molecule has 0 fully saturated rings. The van der Waals surface area contributed by atoms with Gasteiger partial charge in [0.1, 0.15) is 24.7 Å². The summed E-state index contributed by atoms with van der Waals surface area (Å²) in [5.74, 6) is -0.376. The van der Waals surface area contributed by atoms with Crippen LogP contribution in [0.1, 0.15) is 27.7 Å². The van der Waals surface area contributed by atoms with Crippen molar-refractivity contribution in [1.29, 1.82) is 0 Å². The number of tetrazole rings is 1. The van der Waals surface area contributed by atoms with Crippen molar-refractivity contribution in [3.8, 4) is 17.1 Å². The molecule has 10 heteroatoms. The molecule has 0 saturated carbocycles. The highest BCUT2D eigenvalue weighted by Gasteiger charge is 2.25. The van der Waals surface area contributed by atoms with E-state index in [-0.39, 0.29) is 30.6 Å². The maximum absolute atomic E-state index is 13.3. The molecule has 3 aromatic rings. The van der Waals surface area contributed by atoms with Gasteiger partial charge in [-0.05, 0) is 69.3 Å². The quantitative estimate of drug-likeness (QED) is 0.562. The monoisotopic (exact) mass is 454 g/mol. The van der Waals surface area contributed by atoms with Crippen LogP contribution in [0.2, 0.25) is 0 Å². The summed E-state index contributed by atoms with van der Waals surface area (Å²) in [5, 5.41) is 15.0. The number of nitrogens with zero attached hydrogens (tertiary/aromatic N) is 5. The van der Waals surface area contributed by atoms with E-state index in [1.807, 2.05) is 27.7 Å². The minimum Gasteiger partial charge on any atom is -0.492 e. The number of anilines is 1. The standard InChI is InChI=1S/C23H27FN6O3/c1-5-33-19-9-7-6-8-18(19)29(14-20(31)25-23(2,3)4)21(32)15-30-27-22(26-28-30)16-10-12-17(24)13-11-16/h6-13H,5,14-15H2,1-4H3,(H,25,31). The van der Waals surface area contributed by atoms with Crippen LogP contribution in [0.4, 0.5) is 10.1 Å². The molecule has 0 aliphatic rings. The molecule has 0 unspecified atom stereocenters. The average molecular weight is 455 g/mol. The van der Waals surface area contributed by atoms with Crippen LogP contribution in [0, 0.1) is 5.82 Å². The van der Waals surface area contributed by atoms with Gasteiger partial charge < -0.3 is 10.1 Å². The number of para-hydroxylation sites is 2. The van der Waals surface area contributed by atoms with Gasteiger partial charge in [-0.25, -0.2) is 4.39 Å². The Morgan fingerprint density at radius 1 is 1.12 bits per heavy atom. The molecular formula is C23H27FN6O3. The number of aromatic nitrogens is 4. The van der Waals surface area contributed by atoms with Crippen molar-refractivity contribution in [2.45, 2.75) is 39.8 Å². The molecular weight excluding hydrogens is 427 g/mol. The summed E-state index contributed by atoms with van der Waals surface area (Å²) in [6, 6.07) is 12.6. The second-order valence-corrected chi connectivity index (χ2v) is 8.33. The first-order chi connectivity index (χ1) is 15.7. The van der Waals surface area contributed by atoms with Crippen molar-refractivity contribution in [1.82, 2.24) is 25.5 Å². The van der Waals surface area contributed by atoms with Crippen molar-refractivity contribution in [2.24, 2.45) is 0 Å². The third-order valence-corrected chi connectivity index (χ3v) is 4.41. The van der Waals surface area contributed by atoms with Crippen molar-refractivity contribution in [3.63, 3.8) is 0 Å². The van der Waals surface area contributed by atoms with E-state index < -0.39 is 11.4 Å². The summed E-state index contributed by atoms with van der Waals surface area (Å²) in [7, 11) is 0. The maximum atomic E-state index is 13.3. The summed E-state index contributed by atoms with van der Waals surface area (Å²) >= 11 is 0. The summed E-state index contributed by atoms with van der Waals surface area (Å²) < 4.78 is 18.8. The van der Waals surface area contributed by atoms with Crippen LogP contribution in [0.25, 0.3) is 11.4 Å². The Morgan fingerprint density at radius 3 is 2.48 bits per heavy atom. The van der Waals surface area contributed by atoms with Gasteiger partial charge >= 0.3 is 0 Å². The fourth-order valence-corrected chi connectivity index (χ4v) is 3.10. The van der Waals surface area contributed by atoms with E-state index in [2.05, 4.69) is 20.7 Å². The molecule has 0 saturated heterocycles. The van der Waals surface area contributed by atoms with Crippen LogP contribution in [0.5, 0.6) is 5.75 Å². The van der Waals surface area contributed by atoms with E-state index in [4.69, 9.17) is 4.74 Å². The third-order valence-electron chi connectivity index (χ3n) is 4.41. The molecule has 1 N–H and O–H groups in total. The minimum atomic E-state index is -0.456. The molecule has 0 radical (unpaired) electrons. The van der Waals surface area contributed by atoms with Gasteiger partial charge in [-0.15, -0.1) is 10.2 Å². The number of hydrogen-bond donors (Lipinski definition) is 1. The fraction of sp³-hybridized carbons (Fsp3) is 0.348. The average Bonchev–Trinajstić information content (AvgIpc) is 3.20. The van der Waals surface area contributed by atoms with Crippen molar-refractivity contribution in [3.05, 3.63) is 54.3 Å². The van der Waals surface area contributed by atoms with Gasteiger partial charge in [-0.2, -0.15) is 4.80 Å². The second-order valence-electron chi connectivity index (χ2n) is 8.33. The van der Waals surface area contributed by atoms with Crippen LogP contribution in [0.15, 0.2) is 48.5 Å². The number of halogens is 1. The number of carbonyl (C=O) groups excluding carboxylic acids is 2. The van der Waals surface area contributed by atoms with Gasteiger partial charge in [-0.3, -0.25) is 14.5 Å². The SMILES string of the molecule is CCOc1ccccc1N(CC(=O)NC(C)(C)C)C(=O)Cn1nnc(-c2ccc(F)cc2)n1. The zero-order valence-corrected chi connectivity index (χ0v) is 19.1. The van der Waals surface area contributed by atoms with E-state index in [9.17, 15) is 14.0 Å². The second kappa shape index (κ2) is 10.2. The van der Waals surface area contributed by atoms with Crippen molar-refractivity contribution in [2.75, 3.05) is 18.1 Å². The van der Waals surface area contributed by atoms with E-state index in [1.165, 1.54) is 29.2 Å². The topological polar surface area (TPSA) is 102 Å². The normalized spacial score (nSPS) is 11.2. The molecule has 1 heterocycles. The van der Waals surface area contributed by atoms with Crippen LogP contribution < -0.4 is 15.0 Å². The Bertz CT molecular complexity index is 1110.